The van der Waals surface area contributed by atoms with Gasteiger partial charge in [0, 0.05) is 42.0 Å². The molecule has 6 atom stereocenters. The molecule has 7 rings (SSSR count). The van der Waals surface area contributed by atoms with Gasteiger partial charge in [-0.25, -0.2) is 0 Å². The Kier molecular flexibility index (Phi) is 3.40. The van der Waals surface area contributed by atoms with Gasteiger partial charge in [-0.1, -0.05) is 6.07 Å². The molecule has 4 fully saturated rings. The fourth-order valence-electron chi connectivity index (χ4n) is 8.56. The SMILES string of the molecule is COc1ccc2c3c1O[C@H]1[C@@]4(OC)CC[C@@]5(C[C@@H]4C(C)(C)O)[C@@H](C2)N(C#N)CC[C@]315. The van der Waals surface area contributed by atoms with E-state index in [-0.39, 0.29) is 28.9 Å². The van der Waals surface area contributed by atoms with Crippen LogP contribution in [0, 0.1) is 22.8 Å². The summed E-state index contributed by atoms with van der Waals surface area (Å²) in [6, 6.07) is 4.30. The first kappa shape index (κ1) is 18.8. The summed E-state index contributed by atoms with van der Waals surface area (Å²) < 4.78 is 18.9. The van der Waals surface area contributed by atoms with E-state index < -0.39 is 11.2 Å². The highest BCUT2D eigenvalue weighted by Gasteiger charge is 2.81. The second kappa shape index (κ2) is 5.44. The van der Waals surface area contributed by atoms with Crippen LogP contribution < -0.4 is 9.47 Å². The van der Waals surface area contributed by atoms with E-state index in [2.05, 4.69) is 12.3 Å². The molecule has 1 aromatic carbocycles. The lowest BCUT2D eigenvalue weighted by atomic mass is 9.34. The molecule has 0 radical (unpaired) electrons. The van der Waals surface area contributed by atoms with Crippen LogP contribution in [0.1, 0.15) is 50.7 Å². The molecule has 6 nitrogen and oxygen atoms in total. The lowest BCUT2D eigenvalue weighted by Crippen LogP contribution is -2.82. The summed E-state index contributed by atoms with van der Waals surface area (Å²) >= 11 is 0. The van der Waals surface area contributed by atoms with Gasteiger partial charge in [0.25, 0.3) is 0 Å². The smallest absolute Gasteiger partial charge is 0.179 e. The fourth-order valence-corrected chi connectivity index (χ4v) is 8.56. The molecule has 2 spiro atoms. The van der Waals surface area contributed by atoms with Crippen LogP contribution in [0.5, 0.6) is 11.5 Å². The molecule has 1 saturated heterocycles. The normalized spacial score (nSPS) is 42.4. The van der Waals surface area contributed by atoms with Crippen LogP contribution in [0.2, 0.25) is 0 Å². The standard InChI is InChI=1S/C24H30N2O4/c1-21(2,27)16-12-22-7-8-24(16,29-4)20-23(22)9-10-26(13-25)17(22)11-14-5-6-15(28-3)19(30-20)18(14)23/h5-6,16-17,20,27H,7-12H2,1-4H3/t16-,17-,20-,22-,23+,24-/m1/s1. The topological polar surface area (TPSA) is 75.0 Å². The monoisotopic (exact) mass is 410 g/mol. The Bertz CT molecular complexity index is 981. The Hall–Kier alpha value is -1.97. The summed E-state index contributed by atoms with van der Waals surface area (Å²) in [5, 5.41) is 21.3. The molecule has 3 saturated carbocycles. The van der Waals surface area contributed by atoms with Gasteiger partial charge in [-0.2, -0.15) is 5.26 Å². The van der Waals surface area contributed by atoms with Gasteiger partial charge in [0.15, 0.2) is 17.7 Å². The van der Waals surface area contributed by atoms with E-state index >= 15 is 0 Å². The number of likely N-dealkylation sites (tertiary alicyclic amines) is 1. The Morgan fingerprint density at radius 1 is 1.27 bits per heavy atom. The first-order chi connectivity index (χ1) is 14.3. The summed E-state index contributed by atoms with van der Waals surface area (Å²) in [4.78, 5) is 2.01. The van der Waals surface area contributed by atoms with Crippen LogP contribution in [0.3, 0.4) is 0 Å². The number of ether oxygens (including phenoxy) is 3. The molecule has 6 heteroatoms. The van der Waals surface area contributed by atoms with Crippen LogP contribution in [0.15, 0.2) is 12.1 Å². The maximum atomic E-state index is 11.3. The number of aliphatic hydroxyl groups is 1. The zero-order valence-corrected chi connectivity index (χ0v) is 18.2. The highest BCUT2D eigenvalue weighted by atomic mass is 16.6. The Morgan fingerprint density at radius 3 is 2.73 bits per heavy atom. The van der Waals surface area contributed by atoms with Crippen molar-refractivity contribution >= 4 is 0 Å². The second-order valence-electron chi connectivity index (χ2n) is 10.6. The minimum Gasteiger partial charge on any atom is -0.493 e. The van der Waals surface area contributed by atoms with Crippen LogP contribution in [-0.4, -0.2) is 54.1 Å². The van der Waals surface area contributed by atoms with Gasteiger partial charge in [-0.05, 0) is 57.6 Å². The molecule has 160 valence electrons. The third kappa shape index (κ3) is 1.73. The largest absolute Gasteiger partial charge is 0.493 e. The molecule has 2 aliphatic heterocycles. The number of nitrogens with zero attached hydrogens (tertiary/aromatic N) is 2. The van der Waals surface area contributed by atoms with Crippen molar-refractivity contribution in [2.24, 2.45) is 11.3 Å². The van der Waals surface area contributed by atoms with Crippen molar-refractivity contribution < 1.29 is 19.3 Å². The maximum Gasteiger partial charge on any atom is 0.179 e. The number of hydrogen-bond acceptors (Lipinski definition) is 6. The molecule has 0 unspecified atom stereocenters. The molecule has 30 heavy (non-hydrogen) atoms. The van der Waals surface area contributed by atoms with Crippen molar-refractivity contribution in [1.29, 1.82) is 5.26 Å². The lowest BCUT2D eigenvalue weighted by Gasteiger charge is -2.74. The zero-order chi connectivity index (χ0) is 21.1. The summed E-state index contributed by atoms with van der Waals surface area (Å²) in [6.45, 7) is 4.54. The van der Waals surface area contributed by atoms with Crippen molar-refractivity contribution in [3.8, 4) is 17.7 Å². The van der Waals surface area contributed by atoms with E-state index in [1.807, 2.05) is 24.8 Å². The van der Waals surface area contributed by atoms with Crippen LogP contribution in [-0.2, 0) is 16.6 Å². The number of methoxy groups -OCH3 is 2. The number of nitriles is 1. The fraction of sp³-hybridized carbons (Fsp3) is 0.708. The van der Waals surface area contributed by atoms with E-state index in [1.54, 1.807) is 14.2 Å². The van der Waals surface area contributed by atoms with Crippen molar-refractivity contribution in [3.63, 3.8) is 0 Å². The van der Waals surface area contributed by atoms with E-state index in [1.165, 1.54) is 11.1 Å². The van der Waals surface area contributed by atoms with E-state index in [4.69, 9.17) is 14.2 Å². The van der Waals surface area contributed by atoms with Gasteiger partial charge in [0.2, 0.25) is 0 Å². The number of piperidine rings is 1. The van der Waals surface area contributed by atoms with E-state index in [0.29, 0.717) is 0 Å². The molecule has 1 N–H and O–H groups in total. The van der Waals surface area contributed by atoms with Gasteiger partial charge in [-0.15, -0.1) is 0 Å². The second-order valence-corrected chi connectivity index (χ2v) is 10.6. The Labute approximate surface area is 177 Å². The molecular formula is C24H30N2O4. The predicted octanol–water partition coefficient (Wildman–Crippen LogP) is 2.76. The molecule has 0 aromatic heterocycles. The maximum absolute atomic E-state index is 11.3. The molecule has 0 amide bonds. The number of fused-ring (bicyclic) bond motifs is 2. The highest BCUT2D eigenvalue weighted by molar-refractivity contribution is 5.63. The van der Waals surface area contributed by atoms with Crippen molar-refractivity contribution in [3.05, 3.63) is 23.3 Å². The summed E-state index contributed by atoms with van der Waals surface area (Å²) in [5.74, 6) is 1.58. The quantitative estimate of drug-likeness (QED) is 0.773. The number of benzene rings is 1. The Balaban J connectivity index is 1.68. The van der Waals surface area contributed by atoms with E-state index in [9.17, 15) is 10.4 Å². The van der Waals surface area contributed by atoms with E-state index in [0.717, 1.165) is 50.1 Å². The van der Waals surface area contributed by atoms with Crippen LogP contribution >= 0.6 is 0 Å². The molecular weight excluding hydrogens is 380 g/mol. The molecule has 6 aliphatic rings. The summed E-state index contributed by atoms with van der Waals surface area (Å²) in [6.07, 6.45) is 6.72. The van der Waals surface area contributed by atoms with Crippen LogP contribution in [0.25, 0.3) is 0 Å². The summed E-state index contributed by atoms with van der Waals surface area (Å²) in [5.41, 5.74) is 0.815. The molecule has 1 aromatic rings. The van der Waals surface area contributed by atoms with Gasteiger partial charge < -0.3 is 24.2 Å². The number of hydrogen-bond donors (Lipinski definition) is 1. The van der Waals surface area contributed by atoms with Gasteiger partial charge in [-0.3, -0.25) is 0 Å². The molecule has 2 heterocycles. The van der Waals surface area contributed by atoms with Crippen molar-refractivity contribution in [2.45, 2.75) is 74.7 Å². The highest BCUT2D eigenvalue weighted by Crippen LogP contribution is 2.77. The third-order valence-corrected chi connectivity index (χ3v) is 9.55. The van der Waals surface area contributed by atoms with Crippen LogP contribution in [0.4, 0.5) is 0 Å². The van der Waals surface area contributed by atoms with Crippen molar-refractivity contribution in [1.82, 2.24) is 4.90 Å². The lowest BCUT2D eigenvalue weighted by molar-refractivity contribution is -0.297. The first-order valence-corrected chi connectivity index (χ1v) is 11.1. The first-order valence-electron chi connectivity index (χ1n) is 11.1. The minimum atomic E-state index is -0.903. The third-order valence-electron chi connectivity index (χ3n) is 9.55. The van der Waals surface area contributed by atoms with Gasteiger partial charge in [0.05, 0.1) is 12.7 Å². The average molecular weight is 411 g/mol. The molecule has 4 bridgehead atoms. The molecule has 4 aliphatic carbocycles. The Morgan fingerprint density at radius 2 is 2.07 bits per heavy atom. The summed E-state index contributed by atoms with van der Waals surface area (Å²) in [7, 11) is 3.48. The van der Waals surface area contributed by atoms with Gasteiger partial charge in [0.1, 0.15) is 11.7 Å². The number of rotatable bonds is 3. The van der Waals surface area contributed by atoms with Gasteiger partial charge >= 0.3 is 0 Å². The predicted molar refractivity (Wildman–Crippen MR) is 109 cm³/mol. The zero-order valence-electron chi connectivity index (χ0n) is 18.2. The van der Waals surface area contributed by atoms with Crippen molar-refractivity contribution in [2.75, 3.05) is 20.8 Å². The minimum absolute atomic E-state index is 0.0649. The average Bonchev–Trinajstić information content (AvgIpc) is 3.09.